The number of hydrogen-bond acceptors (Lipinski definition) is 5. The fourth-order valence-corrected chi connectivity index (χ4v) is 4.10. The van der Waals surface area contributed by atoms with Crippen LogP contribution in [0.3, 0.4) is 0 Å². The van der Waals surface area contributed by atoms with Gasteiger partial charge < -0.3 is 9.64 Å². The van der Waals surface area contributed by atoms with Gasteiger partial charge in [0.25, 0.3) is 0 Å². The maximum Gasteiger partial charge on any atom is 0.416 e. The molecular weight excluding hydrogens is 494 g/mol. The van der Waals surface area contributed by atoms with Crippen LogP contribution < -0.4 is 9.80 Å². The van der Waals surface area contributed by atoms with Gasteiger partial charge in [-0.2, -0.15) is 13.2 Å². The van der Waals surface area contributed by atoms with Gasteiger partial charge in [-0.3, -0.25) is 19.3 Å². The Morgan fingerprint density at radius 3 is 2.54 bits per heavy atom. The Bertz CT molecular complexity index is 1160. The number of halogens is 5. The third-order valence-corrected chi connectivity index (χ3v) is 6.04. The van der Waals surface area contributed by atoms with Crippen molar-refractivity contribution in [3.8, 4) is 0 Å². The molecule has 2 heterocycles. The Kier molecular flexibility index (Phi) is 7.68. The number of ether oxygens (including phenoxy) is 1. The average Bonchev–Trinajstić information content (AvgIpc) is 3.13. The van der Waals surface area contributed by atoms with E-state index in [1.54, 1.807) is 0 Å². The number of nitrogens with zero attached hydrogens (tertiary/aromatic N) is 3. The van der Waals surface area contributed by atoms with Gasteiger partial charge >= 0.3 is 12.1 Å². The SMILES string of the molecule is COC(=O)CCC1C[C@@H](C(=O)N(C)c2ccc(F)c(Cl)c2)N(c2cc(C(F)(F)F)cc(C)n2)C1=O. The molecule has 7 nitrogen and oxygen atoms in total. The van der Waals surface area contributed by atoms with E-state index in [4.69, 9.17) is 11.6 Å². The van der Waals surface area contributed by atoms with Gasteiger partial charge in [0.05, 0.1) is 17.7 Å². The molecular formula is C23H22ClF4N3O4. The van der Waals surface area contributed by atoms with E-state index >= 15 is 0 Å². The third-order valence-electron chi connectivity index (χ3n) is 5.75. The molecule has 188 valence electrons. The van der Waals surface area contributed by atoms with Crippen LogP contribution in [0.5, 0.6) is 0 Å². The molecule has 0 N–H and O–H groups in total. The van der Waals surface area contributed by atoms with Crippen molar-refractivity contribution in [2.75, 3.05) is 24.0 Å². The molecule has 2 aromatic rings. The highest BCUT2D eigenvalue weighted by Crippen LogP contribution is 2.37. The van der Waals surface area contributed by atoms with Gasteiger partial charge in [-0.1, -0.05) is 11.6 Å². The first-order valence-electron chi connectivity index (χ1n) is 10.5. The minimum atomic E-state index is -4.70. The van der Waals surface area contributed by atoms with Gasteiger partial charge in [0.15, 0.2) is 0 Å². The van der Waals surface area contributed by atoms with Crippen molar-refractivity contribution in [1.82, 2.24) is 4.98 Å². The summed E-state index contributed by atoms with van der Waals surface area (Å²) in [6.07, 6.45) is -4.84. The van der Waals surface area contributed by atoms with Crippen molar-refractivity contribution >= 4 is 40.9 Å². The number of likely N-dealkylation sites (N-methyl/N-ethyl adjacent to an activating group) is 1. The molecule has 1 aliphatic heterocycles. The van der Waals surface area contributed by atoms with E-state index in [0.29, 0.717) is 6.07 Å². The molecule has 0 radical (unpaired) electrons. The van der Waals surface area contributed by atoms with E-state index < -0.39 is 47.3 Å². The van der Waals surface area contributed by atoms with Crippen LogP contribution >= 0.6 is 11.6 Å². The highest BCUT2D eigenvalue weighted by molar-refractivity contribution is 6.31. The molecule has 1 saturated heterocycles. The summed E-state index contributed by atoms with van der Waals surface area (Å²) in [5.74, 6) is -3.69. The maximum atomic E-state index is 13.6. The zero-order valence-corrected chi connectivity index (χ0v) is 19.8. The largest absolute Gasteiger partial charge is 0.469 e. The number of rotatable bonds is 6. The van der Waals surface area contributed by atoms with Crippen molar-refractivity contribution in [3.05, 3.63) is 52.4 Å². The van der Waals surface area contributed by atoms with E-state index in [2.05, 4.69) is 9.72 Å². The summed E-state index contributed by atoms with van der Waals surface area (Å²) in [7, 11) is 2.57. The molecule has 12 heteroatoms. The molecule has 3 rings (SSSR count). The Morgan fingerprint density at radius 2 is 1.94 bits per heavy atom. The van der Waals surface area contributed by atoms with E-state index in [9.17, 15) is 31.9 Å². The molecule has 35 heavy (non-hydrogen) atoms. The number of carbonyl (C=O) groups is 3. The molecule has 2 amide bonds. The van der Waals surface area contributed by atoms with Crippen molar-refractivity contribution in [2.45, 2.75) is 38.4 Å². The molecule has 2 atom stereocenters. The monoisotopic (exact) mass is 515 g/mol. The second kappa shape index (κ2) is 10.2. The van der Waals surface area contributed by atoms with E-state index in [1.807, 2.05) is 0 Å². The van der Waals surface area contributed by atoms with Gasteiger partial charge in [-0.15, -0.1) is 0 Å². The number of amides is 2. The van der Waals surface area contributed by atoms with Crippen molar-refractivity contribution in [2.24, 2.45) is 5.92 Å². The van der Waals surface area contributed by atoms with Crippen LogP contribution in [0.25, 0.3) is 0 Å². The zero-order valence-electron chi connectivity index (χ0n) is 19.0. The number of methoxy groups -OCH3 is 1. The predicted molar refractivity (Wildman–Crippen MR) is 119 cm³/mol. The number of esters is 1. The van der Waals surface area contributed by atoms with Gasteiger partial charge in [0.2, 0.25) is 11.8 Å². The Morgan fingerprint density at radius 1 is 1.26 bits per heavy atom. The fraction of sp³-hybridized carbons (Fsp3) is 0.391. The third kappa shape index (κ3) is 5.72. The molecule has 1 aromatic heterocycles. The molecule has 1 fully saturated rings. The van der Waals surface area contributed by atoms with Crippen LogP contribution in [0.1, 0.15) is 30.5 Å². The lowest BCUT2D eigenvalue weighted by molar-refractivity contribution is -0.141. The first kappa shape index (κ1) is 26.4. The predicted octanol–water partition coefficient (Wildman–Crippen LogP) is 4.54. The topological polar surface area (TPSA) is 79.8 Å². The molecule has 1 aliphatic rings. The lowest BCUT2D eigenvalue weighted by Crippen LogP contribution is -2.46. The fourth-order valence-electron chi connectivity index (χ4n) is 3.93. The minimum Gasteiger partial charge on any atom is -0.469 e. The zero-order chi connectivity index (χ0) is 26.1. The first-order valence-corrected chi connectivity index (χ1v) is 10.9. The number of aryl methyl sites for hydroxylation is 1. The highest BCUT2D eigenvalue weighted by atomic mass is 35.5. The summed E-state index contributed by atoms with van der Waals surface area (Å²) in [6, 6.07) is 3.93. The lowest BCUT2D eigenvalue weighted by Gasteiger charge is -2.28. The molecule has 0 spiro atoms. The van der Waals surface area contributed by atoms with Crippen LogP contribution in [0.2, 0.25) is 5.02 Å². The smallest absolute Gasteiger partial charge is 0.416 e. The quantitative estimate of drug-likeness (QED) is 0.417. The number of hydrogen-bond donors (Lipinski definition) is 0. The number of aromatic nitrogens is 1. The molecule has 1 unspecified atom stereocenters. The number of carbonyl (C=O) groups excluding carboxylic acids is 3. The van der Waals surface area contributed by atoms with E-state index in [1.165, 1.54) is 33.2 Å². The summed E-state index contributed by atoms with van der Waals surface area (Å²) < 4.78 is 58.5. The second-order valence-electron chi connectivity index (χ2n) is 8.12. The normalized spacial score (nSPS) is 18.1. The van der Waals surface area contributed by atoms with Crippen LogP contribution in [-0.2, 0) is 25.3 Å². The van der Waals surface area contributed by atoms with Crippen LogP contribution in [-0.4, -0.2) is 43.0 Å². The number of benzene rings is 1. The van der Waals surface area contributed by atoms with Crippen molar-refractivity contribution < 1.29 is 36.7 Å². The van der Waals surface area contributed by atoms with Gasteiger partial charge in [0.1, 0.15) is 17.7 Å². The van der Waals surface area contributed by atoms with E-state index in [-0.39, 0.29) is 41.5 Å². The maximum absolute atomic E-state index is 13.6. The van der Waals surface area contributed by atoms with Crippen LogP contribution in [0.15, 0.2) is 30.3 Å². The van der Waals surface area contributed by atoms with Crippen LogP contribution in [0, 0.1) is 18.7 Å². The van der Waals surface area contributed by atoms with Crippen molar-refractivity contribution in [3.63, 3.8) is 0 Å². The van der Waals surface area contributed by atoms with Gasteiger partial charge in [-0.05, 0) is 50.1 Å². The Labute approximate surface area is 203 Å². The van der Waals surface area contributed by atoms with Crippen molar-refractivity contribution in [1.29, 1.82) is 0 Å². The van der Waals surface area contributed by atoms with E-state index in [0.717, 1.165) is 21.9 Å². The first-order chi connectivity index (χ1) is 16.3. The summed E-state index contributed by atoms with van der Waals surface area (Å²) in [4.78, 5) is 44.5. The Hall–Kier alpha value is -3.21. The molecule has 0 aliphatic carbocycles. The average molecular weight is 516 g/mol. The summed E-state index contributed by atoms with van der Waals surface area (Å²) in [5.41, 5.74) is -0.791. The van der Waals surface area contributed by atoms with Gasteiger partial charge in [-0.25, -0.2) is 9.37 Å². The lowest BCUT2D eigenvalue weighted by atomic mass is 9.99. The number of pyridine rings is 1. The molecule has 1 aromatic carbocycles. The summed E-state index contributed by atoms with van der Waals surface area (Å²) >= 11 is 5.82. The second-order valence-corrected chi connectivity index (χ2v) is 8.53. The number of alkyl halides is 3. The number of anilines is 2. The Balaban J connectivity index is 2.01. The molecule has 0 saturated carbocycles. The summed E-state index contributed by atoms with van der Waals surface area (Å²) in [5, 5.41) is -0.229. The minimum absolute atomic E-state index is 0.00510. The standard InChI is InChI=1S/C23H22ClF4N3O4/c1-12-8-14(23(26,27)28)10-19(29-12)31-18(9-13(21(31)33)4-7-20(32)35-3)22(34)30(2)15-5-6-17(25)16(24)11-15/h5-6,8,10-11,13,18H,4,7,9H2,1-3H3/t13?,18-/m0/s1. The van der Waals surface area contributed by atoms with Gasteiger partial charge in [0, 0.05) is 30.8 Å². The summed E-state index contributed by atoms with van der Waals surface area (Å²) in [6.45, 7) is 1.34. The molecule has 0 bridgehead atoms. The van der Waals surface area contributed by atoms with Crippen LogP contribution in [0.4, 0.5) is 29.1 Å². The highest BCUT2D eigenvalue weighted by Gasteiger charge is 2.46.